The molecule has 0 aliphatic heterocycles. The first-order valence-electron chi connectivity index (χ1n) is 6.48. The topological polar surface area (TPSA) is 65.0 Å². The molecule has 0 aliphatic carbocycles. The molecule has 5 nitrogen and oxygen atoms in total. The molecule has 1 aromatic rings. The van der Waals surface area contributed by atoms with Crippen LogP contribution in [0.25, 0.3) is 6.08 Å². The molecule has 0 saturated carbocycles. The summed E-state index contributed by atoms with van der Waals surface area (Å²) in [6, 6.07) is 5.49. The summed E-state index contributed by atoms with van der Waals surface area (Å²) >= 11 is 0. The lowest BCUT2D eigenvalue weighted by Gasteiger charge is -2.07. The number of rotatable bonds is 7. The summed E-state index contributed by atoms with van der Waals surface area (Å²) < 4.78 is 15.4. The molecule has 1 rings (SSSR count). The van der Waals surface area contributed by atoms with Crippen molar-refractivity contribution in [1.29, 1.82) is 0 Å². The van der Waals surface area contributed by atoms with E-state index in [1.807, 2.05) is 18.2 Å². The largest absolute Gasteiger partial charge is 0.493 e. The normalized spacial score (nSPS) is 11.5. The lowest BCUT2D eigenvalue weighted by atomic mass is 10.2. The van der Waals surface area contributed by atoms with Gasteiger partial charge >= 0.3 is 5.97 Å². The summed E-state index contributed by atoms with van der Waals surface area (Å²) in [7, 11) is 3.15. The van der Waals surface area contributed by atoms with Crippen LogP contribution >= 0.6 is 0 Å². The van der Waals surface area contributed by atoms with E-state index in [1.165, 1.54) is 6.08 Å². The number of hydrogen-bond acceptors (Lipinski definition) is 5. The Balaban J connectivity index is 2.60. The molecule has 21 heavy (non-hydrogen) atoms. The van der Waals surface area contributed by atoms with Gasteiger partial charge in [0.15, 0.2) is 11.5 Å². The first-order valence-corrected chi connectivity index (χ1v) is 6.48. The average Bonchev–Trinajstić information content (AvgIpc) is 2.52. The summed E-state index contributed by atoms with van der Waals surface area (Å²) in [6.45, 7) is 1.48. The van der Waals surface area contributed by atoms with Gasteiger partial charge in [0.25, 0.3) is 0 Å². The second-order valence-corrected chi connectivity index (χ2v) is 4.09. The highest BCUT2D eigenvalue weighted by molar-refractivity contribution is 5.88. The van der Waals surface area contributed by atoms with Crippen LogP contribution in [0.4, 0.5) is 0 Å². The molecule has 1 aromatic carbocycles. The van der Waals surface area contributed by atoms with Crippen molar-refractivity contribution < 1.29 is 24.1 Å². The van der Waals surface area contributed by atoms with Crippen LogP contribution in [0.5, 0.6) is 11.5 Å². The van der Waals surface area contributed by atoms with E-state index < -0.39 is 5.97 Å². The molecule has 0 aliphatic rings. The van der Waals surface area contributed by atoms with Crippen molar-refractivity contribution in [1.82, 2.24) is 0 Å². The molecule has 114 valence electrons. The molecule has 0 heterocycles. The second kappa shape index (κ2) is 8.81. The number of aliphatic hydroxyl groups excluding tert-OH is 1. The van der Waals surface area contributed by atoms with Crippen LogP contribution in [0, 0.1) is 0 Å². The number of hydrogen-bond donors (Lipinski definition) is 1. The molecule has 1 N–H and O–H groups in total. The fourth-order valence-electron chi connectivity index (χ4n) is 1.63. The average molecular weight is 292 g/mol. The van der Waals surface area contributed by atoms with Gasteiger partial charge in [0.1, 0.15) is 6.61 Å². The molecule has 0 fully saturated rings. The zero-order valence-corrected chi connectivity index (χ0v) is 12.5. The van der Waals surface area contributed by atoms with E-state index >= 15 is 0 Å². The van der Waals surface area contributed by atoms with Crippen molar-refractivity contribution in [2.75, 3.05) is 27.4 Å². The number of benzene rings is 1. The first kappa shape index (κ1) is 16.8. The Morgan fingerprint density at radius 3 is 2.52 bits per heavy atom. The quantitative estimate of drug-likeness (QED) is 0.616. The third kappa shape index (κ3) is 4.96. The van der Waals surface area contributed by atoms with Crippen molar-refractivity contribution >= 4 is 12.0 Å². The van der Waals surface area contributed by atoms with Gasteiger partial charge in [0.05, 0.1) is 26.4 Å². The van der Waals surface area contributed by atoms with Gasteiger partial charge in [-0.05, 0) is 30.7 Å². The Bertz CT molecular complexity index is 531. The molecule has 5 heteroatoms. The van der Waals surface area contributed by atoms with Crippen LogP contribution in [-0.4, -0.2) is 38.5 Å². The fourth-order valence-corrected chi connectivity index (χ4v) is 1.63. The number of ether oxygens (including phenoxy) is 3. The predicted octanol–water partition coefficient (Wildman–Crippen LogP) is 2.20. The molecule has 0 atom stereocenters. The van der Waals surface area contributed by atoms with Gasteiger partial charge in [-0.2, -0.15) is 0 Å². The number of esters is 1. The monoisotopic (exact) mass is 292 g/mol. The standard InChI is InChI=1S/C16H20O5/c1-4-13(11-17)16(18)21-9-5-6-12-7-8-14(19-2)15(10-12)20-3/h4-8,10,17H,9,11H2,1-3H3/b6-5+,13-4-. The Morgan fingerprint density at radius 2 is 1.95 bits per heavy atom. The van der Waals surface area contributed by atoms with E-state index in [0.29, 0.717) is 11.5 Å². The van der Waals surface area contributed by atoms with Gasteiger partial charge < -0.3 is 19.3 Å². The highest BCUT2D eigenvalue weighted by Crippen LogP contribution is 2.27. The minimum atomic E-state index is -0.517. The van der Waals surface area contributed by atoms with Crippen LogP contribution < -0.4 is 9.47 Å². The number of carbonyl (C=O) groups excluding carboxylic acids is 1. The van der Waals surface area contributed by atoms with E-state index in [2.05, 4.69) is 0 Å². The summed E-state index contributed by atoms with van der Waals surface area (Å²) in [5.74, 6) is 0.770. The van der Waals surface area contributed by atoms with Crippen LogP contribution in [-0.2, 0) is 9.53 Å². The summed E-state index contributed by atoms with van der Waals surface area (Å²) in [5, 5.41) is 8.93. The summed E-state index contributed by atoms with van der Waals surface area (Å²) in [4.78, 5) is 11.5. The molecule has 0 aromatic heterocycles. The maximum Gasteiger partial charge on any atom is 0.336 e. The molecule has 0 saturated heterocycles. The van der Waals surface area contributed by atoms with E-state index in [-0.39, 0.29) is 18.8 Å². The molecular formula is C16H20O5. The zero-order valence-electron chi connectivity index (χ0n) is 12.5. The molecular weight excluding hydrogens is 272 g/mol. The lowest BCUT2D eigenvalue weighted by Crippen LogP contribution is -2.10. The third-order valence-electron chi connectivity index (χ3n) is 2.81. The van der Waals surface area contributed by atoms with Gasteiger partial charge in [-0.1, -0.05) is 18.2 Å². The Hall–Kier alpha value is -2.27. The predicted molar refractivity (Wildman–Crippen MR) is 80.4 cm³/mol. The highest BCUT2D eigenvalue weighted by Gasteiger charge is 2.07. The summed E-state index contributed by atoms with van der Waals surface area (Å²) in [5.41, 5.74) is 1.15. The van der Waals surface area contributed by atoms with Gasteiger partial charge in [-0.25, -0.2) is 4.79 Å². The lowest BCUT2D eigenvalue weighted by molar-refractivity contribution is -0.138. The fraction of sp³-hybridized carbons (Fsp3) is 0.312. The van der Waals surface area contributed by atoms with Crippen molar-refractivity contribution in [3.05, 3.63) is 41.5 Å². The number of methoxy groups -OCH3 is 2. The minimum Gasteiger partial charge on any atom is -0.493 e. The van der Waals surface area contributed by atoms with Gasteiger partial charge in [-0.3, -0.25) is 0 Å². The van der Waals surface area contributed by atoms with Crippen molar-refractivity contribution in [2.45, 2.75) is 6.92 Å². The van der Waals surface area contributed by atoms with Gasteiger partial charge in [0, 0.05) is 0 Å². The second-order valence-electron chi connectivity index (χ2n) is 4.09. The molecule has 0 spiro atoms. The minimum absolute atomic E-state index is 0.129. The molecule has 0 amide bonds. The van der Waals surface area contributed by atoms with Crippen molar-refractivity contribution in [3.8, 4) is 11.5 Å². The first-order chi connectivity index (χ1) is 10.2. The highest BCUT2D eigenvalue weighted by atomic mass is 16.5. The zero-order chi connectivity index (χ0) is 15.7. The van der Waals surface area contributed by atoms with Crippen LogP contribution in [0.15, 0.2) is 35.9 Å². The maximum atomic E-state index is 11.5. The number of allylic oxidation sites excluding steroid dienone is 1. The molecule has 0 unspecified atom stereocenters. The van der Waals surface area contributed by atoms with E-state index in [1.54, 1.807) is 33.3 Å². The van der Waals surface area contributed by atoms with E-state index in [0.717, 1.165) is 5.56 Å². The van der Waals surface area contributed by atoms with Crippen molar-refractivity contribution in [3.63, 3.8) is 0 Å². The smallest absolute Gasteiger partial charge is 0.336 e. The Morgan fingerprint density at radius 1 is 1.24 bits per heavy atom. The number of carbonyl (C=O) groups is 1. The Kier molecular flexibility index (Phi) is 7.04. The van der Waals surface area contributed by atoms with Gasteiger partial charge in [0.2, 0.25) is 0 Å². The maximum absolute atomic E-state index is 11.5. The Labute approximate surface area is 124 Å². The molecule has 0 radical (unpaired) electrons. The summed E-state index contributed by atoms with van der Waals surface area (Å²) in [6.07, 6.45) is 5.05. The van der Waals surface area contributed by atoms with E-state index in [9.17, 15) is 4.79 Å². The van der Waals surface area contributed by atoms with Crippen LogP contribution in [0.2, 0.25) is 0 Å². The van der Waals surface area contributed by atoms with E-state index in [4.69, 9.17) is 19.3 Å². The van der Waals surface area contributed by atoms with Crippen molar-refractivity contribution in [2.24, 2.45) is 0 Å². The van der Waals surface area contributed by atoms with Gasteiger partial charge in [-0.15, -0.1) is 0 Å². The number of aliphatic hydroxyl groups is 1. The molecule has 0 bridgehead atoms. The third-order valence-corrected chi connectivity index (χ3v) is 2.81. The van der Waals surface area contributed by atoms with Crippen LogP contribution in [0.3, 0.4) is 0 Å². The van der Waals surface area contributed by atoms with Crippen LogP contribution in [0.1, 0.15) is 12.5 Å². The SMILES string of the molecule is C/C=C(/CO)C(=O)OC/C=C/c1ccc(OC)c(OC)c1.